The first kappa shape index (κ1) is 24.2. The summed E-state index contributed by atoms with van der Waals surface area (Å²) >= 11 is 0. The Morgan fingerprint density at radius 3 is 2.55 bits per heavy atom. The van der Waals surface area contributed by atoms with Gasteiger partial charge in [-0.05, 0) is 81.1 Å². The highest BCUT2D eigenvalue weighted by atomic mass is 16.5. The number of aliphatic hydroxyl groups is 1. The molecule has 0 spiro atoms. The van der Waals surface area contributed by atoms with Crippen LogP contribution in [0.4, 0.5) is 5.69 Å². The molecule has 1 unspecified atom stereocenters. The molecule has 0 bridgehead atoms. The second kappa shape index (κ2) is 11.5. The highest BCUT2D eigenvalue weighted by Crippen LogP contribution is 2.30. The summed E-state index contributed by atoms with van der Waals surface area (Å²) in [5, 5.41) is 12.6. The molecule has 3 aromatic carbocycles. The SMILES string of the molecule is Cc1ccccc1-c1ccc(OCCN(C)C)c(C=CC(=O)c2ccccc2NC(C)O)c1. The van der Waals surface area contributed by atoms with Gasteiger partial charge in [-0.3, -0.25) is 4.79 Å². The number of aryl methyl sites for hydroxylation is 1. The van der Waals surface area contributed by atoms with Crippen molar-refractivity contribution in [2.24, 2.45) is 0 Å². The molecule has 5 heteroatoms. The van der Waals surface area contributed by atoms with E-state index in [-0.39, 0.29) is 5.78 Å². The number of nitrogens with zero attached hydrogens (tertiary/aromatic N) is 1. The topological polar surface area (TPSA) is 61.8 Å². The normalized spacial score (nSPS) is 12.2. The summed E-state index contributed by atoms with van der Waals surface area (Å²) in [4.78, 5) is 15.1. The molecule has 3 rings (SSSR count). The van der Waals surface area contributed by atoms with Crippen molar-refractivity contribution in [3.05, 3.63) is 89.5 Å². The minimum Gasteiger partial charge on any atom is -0.492 e. The third-order valence-corrected chi connectivity index (χ3v) is 5.23. The number of benzene rings is 3. The van der Waals surface area contributed by atoms with E-state index in [2.05, 4.69) is 35.3 Å². The van der Waals surface area contributed by atoms with Crippen LogP contribution in [-0.2, 0) is 0 Å². The minimum absolute atomic E-state index is 0.153. The zero-order valence-corrected chi connectivity index (χ0v) is 19.7. The fourth-order valence-electron chi connectivity index (χ4n) is 3.52. The number of hydrogen-bond acceptors (Lipinski definition) is 5. The first-order valence-electron chi connectivity index (χ1n) is 11.1. The molecule has 0 amide bonds. The lowest BCUT2D eigenvalue weighted by Gasteiger charge is -2.15. The Labute approximate surface area is 196 Å². The maximum absolute atomic E-state index is 13.0. The van der Waals surface area contributed by atoms with Crippen LogP contribution in [0, 0.1) is 6.92 Å². The summed E-state index contributed by atoms with van der Waals surface area (Å²) < 4.78 is 6.03. The van der Waals surface area contributed by atoms with Gasteiger partial charge in [-0.2, -0.15) is 0 Å². The largest absolute Gasteiger partial charge is 0.492 e. The maximum Gasteiger partial charge on any atom is 0.187 e. The number of anilines is 1. The number of hydrogen-bond donors (Lipinski definition) is 2. The molecule has 5 nitrogen and oxygen atoms in total. The fraction of sp³-hybridized carbons (Fsp3) is 0.250. The van der Waals surface area contributed by atoms with Crippen LogP contribution in [0.15, 0.2) is 72.8 Å². The smallest absolute Gasteiger partial charge is 0.187 e. The summed E-state index contributed by atoms with van der Waals surface area (Å²) in [6.07, 6.45) is 2.59. The molecular formula is C28H32N2O3. The monoisotopic (exact) mass is 444 g/mol. The molecule has 0 aliphatic rings. The molecule has 0 radical (unpaired) electrons. The van der Waals surface area contributed by atoms with E-state index in [4.69, 9.17) is 4.74 Å². The third kappa shape index (κ3) is 6.78. The van der Waals surface area contributed by atoms with Crippen LogP contribution in [0.2, 0.25) is 0 Å². The van der Waals surface area contributed by atoms with E-state index in [0.29, 0.717) is 17.9 Å². The third-order valence-electron chi connectivity index (χ3n) is 5.23. The number of aliphatic hydroxyl groups excluding tert-OH is 1. The van der Waals surface area contributed by atoms with E-state index in [1.54, 1.807) is 31.2 Å². The number of carbonyl (C=O) groups is 1. The Morgan fingerprint density at radius 1 is 1.09 bits per heavy atom. The van der Waals surface area contributed by atoms with E-state index in [9.17, 15) is 9.90 Å². The van der Waals surface area contributed by atoms with Crippen LogP contribution < -0.4 is 10.1 Å². The van der Waals surface area contributed by atoms with Gasteiger partial charge in [0.05, 0.1) is 0 Å². The van der Waals surface area contributed by atoms with E-state index in [1.165, 1.54) is 5.56 Å². The van der Waals surface area contributed by atoms with Crippen molar-refractivity contribution >= 4 is 17.5 Å². The van der Waals surface area contributed by atoms with Gasteiger partial charge in [0.25, 0.3) is 0 Å². The molecule has 1 atom stereocenters. The lowest BCUT2D eigenvalue weighted by atomic mass is 9.98. The number of nitrogens with one attached hydrogen (secondary N) is 1. The second-order valence-corrected chi connectivity index (χ2v) is 8.28. The highest BCUT2D eigenvalue weighted by molar-refractivity contribution is 6.10. The Bertz CT molecular complexity index is 1120. The molecule has 0 heterocycles. The van der Waals surface area contributed by atoms with Crippen LogP contribution in [0.5, 0.6) is 5.75 Å². The van der Waals surface area contributed by atoms with Gasteiger partial charge in [0.1, 0.15) is 18.6 Å². The predicted molar refractivity (Wildman–Crippen MR) is 136 cm³/mol. The average Bonchev–Trinajstić information content (AvgIpc) is 2.78. The Kier molecular flexibility index (Phi) is 8.41. The standard InChI is InChI=1S/C28H32N2O3/c1-20-9-5-6-10-24(20)22-14-16-28(33-18-17-30(3)4)23(19-22)13-15-27(32)25-11-7-8-12-26(25)29-21(2)31/h5-16,19,21,29,31H,17-18H2,1-4H3. The van der Waals surface area contributed by atoms with Gasteiger partial charge in [0.15, 0.2) is 5.78 Å². The van der Waals surface area contributed by atoms with Crippen molar-refractivity contribution in [2.75, 3.05) is 32.6 Å². The van der Waals surface area contributed by atoms with Gasteiger partial charge in [0, 0.05) is 23.4 Å². The van der Waals surface area contributed by atoms with Crippen molar-refractivity contribution in [3.8, 4) is 16.9 Å². The molecule has 3 aromatic rings. The van der Waals surface area contributed by atoms with Crippen LogP contribution in [-0.4, -0.2) is 49.3 Å². The summed E-state index contributed by atoms with van der Waals surface area (Å²) in [6.45, 7) is 5.04. The minimum atomic E-state index is -0.759. The zero-order valence-electron chi connectivity index (χ0n) is 19.7. The van der Waals surface area contributed by atoms with E-state index < -0.39 is 6.23 Å². The quantitative estimate of drug-likeness (QED) is 0.254. The first-order valence-corrected chi connectivity index (χ1v) is 11.1. The molecule has 0 aliphatic heterocycles. The van der Waals surface area contributed by atoms with Crippen LogP contribution in [0.25, 0.3) is 17.2 Å². The zero-order chi connectivity index (χ0) is 23.8. The van der Waals surface area contributed by atoms with Gasteiger partial charge >= 0.3 is 0 Å². The molecule has 0 fully saturated rings. The summed E-state index contributed by atoms with van der Waals surface area (Å²) in [5.41, 5.74) is 5.32. The highest BCUT2D eigenvalue weighted by Gasteiger charge is 2.11. The van der Waals surface area contributed by atoms with Crippen LogP contribution in [0.1, 0.15) is 28.4 Å². The molecule has 2 N–H and O–H groups in total. The lowest BCUT2D eigenvalue weighted by molar-refractivity contribution is 0.104. The number of carbonyl (C=O) groups excluding carboxylic acids is 1. The van der Waals surface area contributed by atoms with Gasteiger partial charge in [-0.15, -0.1) is 0 Å². The summed E-state index contributed by atoms with van der Waals surface area (Å²) in [7, 11) is 4.01. The van der Waals surface area contributed by atoms with Gasteiger partial charge in [-0.25, -0.2) is 0 Å². The lowest BCUT2D eigenvalue weighted by Crippen LogP contribution is -2.19. The van der Waals surface area contributed by atoms with Crippen molar-refractivity contribution in [3.63, 3.8) is 0 Å². The number of ketones is 1. The Balaban J connectivity index is 1.93. The Hall–Kier alpha value is -3.41. The van der Waals surface area contributed by atoms with Crippen molar-refractivity contribution < 1.29 is 14.6 Å². The molecule has 33 heavy (non-hydrogen) atoms. The summed E-state index contributed by atoms with van der Waals surface area (Å²) in [5.74, 6) is 0.577. The van der Waals surface area contributed by atoms with Crippen LogP contribution >= 0.6 is 0 Å². The molecule has 0 saturated heterocycles. The fourth-order valence-corrected chi connectivity index (χ4v) is 3.52. The number of allylic oxidation sites excluding steroid dienone is 1. The van der Waals surface area contributed by atoms with E-state index in [1.807, 2.05) is 50.5 Å². The van der Waals surface area contributed by atoms with Gasteiger partial charge in [-0.1, -0.05) is 42.5 Å². The summed E-state index contributed by atoms with van der Waals surface area (Å²) in [6, 6.07) is 21.4. The maximum atomic E-state index is 13.0. The molecule has 0 saturated carbocycles. The molecular weight excluding hydrogens is 412 g/mol. The average molecular weight is 445 g/mol. The predicted octanol–water partition coefficient (Wildman–Crippen LogP) is 5.25. The molecule has 0 aliphatic carbocycles. The number of rotatable bonds is 10. The van der Waals surface area contributed by atoms with Gasteiger partial charge < -0.3 is 20.1 Å². The second-order valence-electron chi connectivity index (χ2n) is 8.28. The van der Waals surface area contributed by atoms with E-state index >= 15 is 0 Å². The Morgan fingerprint density at radius 2 is 1.82 bits per heavy atom. The molecule has 172 valence electrons. The van der Waals surface area contributed by atoms with Crippen molar-refractivity contribution in [2.45, 2.75) is 20.1 Å². The number of para-hydroxylation sites is 1. The van der Waals surface area contributed by atoms with Crippen molar-refractivity contribution in [1.29, 1.82) is 0 Å². The first-order chi connectivity index (χ1) is 15.8. The van der Waals surface area contributed by atoms with Crippen LogP contribution in [0.3, 0.4) is 0 Å². The number of ether oxygens (including phenoxy) is 1. The number of likely N-dealkylation sites (N-methyl/N-ethyl adjacent to an activating group) is 1. The van der Waals surface area contributed by atoms with Crippen molar-refractivity contribution in [1.82, 2.24) is 4.90 Å². The molecule has 0 aromatic heterocycles. The van der Waals surface area contributed by atoms with Gasteiger partial charge in [0.2, 0.25) is 0 Å². The van der Waals surface area contributed by atoms with E-state index in [0.717, 1.165) is 29.0 Å².